The molecule has 0 bridgehead atoms. The Morgan fingerprint density at radius 1 is 1.11 bits per heavy atom. The van der Waals surface area contributed by atoms with Crippen LogP contribution in [-0.4, -0.2) is 27.0 Å². The summed E-state index contributed by atoms with van der Waals surface area (Å²) >= 11 is 0. The van der Waals surface area contributed by atoms with Crippen LogP contribution in [0.3, 0.4) is 0 Å². The van der Waals surface area contributed by atoms with Crippen LogP contribution in [0.5, 0.6) is 0 Å². The van der Waals surface area contributed by atoms with E-state index in [1.54, 1.807) is 6.20 Å². The van der Waals surface area contributed by atoms with Gasteiger partial charge in [0.25, 0.3) is 5.91 Å². The average molecular weight is 377 g/mol. The van der Waals surface area contributed by atoms with E-state index < -0.39 is 0 Å². The highest BCUT2D eigenvalue weighted by Gasteiger charge is 2.09. The normalized spacial score (nSPS) is 11.0. The van der Waals surface area contributed by atoms with Gasteiger partial charge < -0.3 is 9.88 Å². The van der Waals surface area contributed by atoms with Crippen molar-refractivity contribution < 1.29 is 4.79 Å². The van der Waals surface area contributed by atoms with E-state index in [0.717, 1.165) is 30.0 Å². The number of aryl methyl sites for hydroxylation is 3. The van der Waals surface area contributed by atoms with E-state index in [0.29, 0.717) is 18.0 Å². The average Bonchev–Trinajstić information content (AvgIpc) is 3.16. The zero-order chi connectivity index (χ0) is 20.1. The third-order valence-corrected chi connectivity index (χ3v) is 4.95. The first-order valence-corrected chi connectivity index (χ1v) is 9.78. The minimum absolute atomic E-state index is 0.0890. The van der Waals surface area contributed by atoms with Gasteiger partial charge in [0.05, 0.1) is 11.3 Å². The number of carbonyl (C=O) groups excluding carboxylic acids is 1. The van der Waals surface area contributed by atoms with Crippen molar-refractivity contribution in [1.82, 2.24) is 19.9 Å². The summed E-state index contributed by atoms with van der Waals surface area (Å²) in [5.74, 6) is 1.39. The van der Waals surface area contributed by atoms with Crippen LogP contribution in [0.25, 0.3) is 11.3 Å². The number of benzene rings is 1. The summed E-state index contributed by atoms with van der Waals surface area (Å²) in [7, 11) is 0. The monoisotopic (exact) mass is 376 g/mol. The minimum Gasteiger partial charge on any atom is -0.352 e. The second-order valence-electron chi connectivity index (χ2n) is 7.47. The van der Waals surface area contributed by atoms with E-state index >= 15 is 0 Å². The quantitative estimate of drug-likeness (QED) is 0.617. The molecule has 0 saturated heterocycles. The first-order valence-electron chi connectivity index (χ1n) is 9.78. The molecule has 0 aliphatic carbocycles. The standard InChI is InChI=1S/C23H28N4O/c1-16(2)22-24-11-13-27(22)12-5-10-25-23(28)20-8-9-21(26-15-20)19-7-6-17(3)18(4)14-19/h6-9,11,13-16H,5,10,12H2,1-4H3,(H,25,28). The Morgan fingerprint density at radius 2 is 1.93 bits per heavy atom. The molecule has 2 heterocycles. The molecule has 1 amide bonds. The van der Waals surface area contributed by atoms with Gasteiger partial charge in [0.1, 0.15) is 5.82 Å². The molecule has 0 spiro atoms. The molecule has 0 atom stereocenters. The Bertz CT molecular complexity index is 941. The second kappa shape index (κ2) is 8.83. The van der Waals surface area contributed by atoms with Crippen LogP contribution < -0.4 is 5.32 Å². The lowest BCUT2D eigenvalue weighted by Crippen LogP contribution is -2.25. The fraction of sp³-hybridized carbons (Fsp3) is 0.348. The zero-order valence-electron chi connectivity index (χ0n) is 17.1. The maximum Gasteiger partial charge on any atom is 0.252 e. The number of rotatable bonds is 7. The summed E-state index contributed by atoms with van der Waals surface area (Å²) < 4.78 is 2.15. The third kappa shape index (κ3) is 4.66. The Hall–Kier alpha value is -2.95. The highest BCUT2D eigenvalue weighted by atomic mass is 16.1. The van der Waals surface area contributed by atoms with Gasteiger partial charge in [0, 0.05) is 43.2 Å². The van der Waals surface area contributed by atoms with E-state index in [2.05, 4.69) is 65.7 Å². The predicted molar refractivity (Wildman–Crippen MR) is 112 cm³/mol. The van der Waals surface area contributed by atoms with Crippen LogP contribution in [-0.2, 0) is 6.54 Å². The highest BCUT2D eigenvalue weighted by molar-refractivity contribution is 5.94. The molecule has 1 N–H and O–H groups in total. The highest BCUT2D eigenvalue weighted by Crippen LogP contribution is 2.20. The molecule has 146 valence electrons. The molecule has 0 aliphatic heterocycles. The third-order valence-electron chi connectivity index (χ3n) is 4.95. The van der Waals surface area contributed by atoms with Crippen molar-refractivity contribution >= 4 is 5.91 Å². The van der Waals surface area contributed by atoms with Crippen molar-refractivity contribution in [1.29, 1.82) is 0 Å². The maximum absolute atomic E-state index is 12.4. The van der Waals surface area contributed by atoms with Gasteiger partial charge in [-0.2, -0.15) is 0 Å². The predicted octanol–water partition coefficient (Wildman–Crippen LogP) is 4.51. The SMILES string of the molecule is Cc1ccc(-c2ccc(C(=O)NCCCn3ccnc3C(C)C)cn2)cc1C. The zero-order valence-corrected chi connectivity index (χ0v) is 17.1. The minimum atomic E-state index is -0.0890. The Balaban J connectivity index is 1.53. The fourth-order valence-corrected chi connectivity index (χ4v) is 3.16. The lowest BCUT2D eigenvalue weighted by atomic mass is 10.0. The van der Waals surface area contributed by atoms with Gasteiger partial charge in [-0.1, -0.05) is 26.0 Å². The van der Waals surface area contributed by atoms with Gasteiger partial charge in [-0.15, -0.1) is 0 Å². The van der Waals surface area contributed by atoms with Crippen molar-refractivity contribution in [3.05, 3.63) is 71.4 Å². The molecular weight excluding hydrogens is 348 g/mol. The summed E-state index contributed by atoms with van der Waals surface area (Å²) in [5.41, 5.74) is 5.02. The van der Waals surface area contributed by atoms with E-state index in [1.165, 1.54) is 11.1 Å². The molecule has 3 aromatic rings. The summed E-state index contributed by atoms with van der Waals surface area (Å²) in [6.07, 6.45) is 6.33. The summed E-state index contributed by atoms with van der Waals surface area (Å²) in [6, 6.07) is 10.0. The number of amides is 1. The Labute approximate surface area is 166 Å². The maximum atomic E-state index is 12.4. The molecule has 5 nitrogen and oxygen atoms in total. The van der Waals surface area contributed by atoms with Crippen molar-refractivity contribution in [3.8, 4) is 11.3 Å². The number of carbonyl (C=O) groups is 1. The fourth-order valence-electron chi connectivity index (χ4n) is 3.16. The van der Waals surface area contributed by atoms with Gasteiger partial charge in [-0.25, -0.2) is 4.98 Å². The van der Waals surface area contributed by atoms with Crippen molar-refractivity contribution in [2.24, 2.45) is 0 Å². The van der Waals surface area contributed by atoms with Crippen LogP contribution in [0.4, 0.5) is 0 Å². The Morgan fingerprint density at radius 3 is 2.61 bits per heavy atom. The lowest BCUT2D eigenvalue weighted by Gasteiger charge is -2.11. The summed E-state index contributed by atoms with van der Waals surface area (Å²) in [5, 5.41) is 2.97. The molecule has 0 radical (unpaired) electrons. The molecular formula is C23H28N4O. The second-order valence-corrected chi connectivity index (χ2v) is 7.47. The van der Waals surface area contributed by atoms with E-state index in [4.69, 9.17) is 0 Å². The van der Waals surface area contributed by atoms with Crippen LogP contribution in [0.2, 0.25) is 0 Å². The molecule has 28 heavy (non-hydrogen) atoms. The van der Waals surface area contributed by atoms with E-state index in [1.807, 2.05) is 24.5 Å². The number of imidazole rings is 1. The van der Waals surface area contributed by atoms with Crippen molar-refractivity contribution in [2.45, 2.75) is 46.6 Å². The van der Waals surface area contributed by atoms with Crippen LogP contribution in [0, 0.1) is 13.8 Å². The first-order chi connectivity index (χ1) is 13.5. The molecule has 0 saturated carbocycles. The number of nitrogens with zero attached hydrogens (tertiary/aromatic N) is 3. The van der Waals surface area contributed by atoms with Gasteiger partial charge in [-0.05, 0) is 49.6 Å². The van der Waals surface area contributed by atoms with Crippen LogP contribution in [0.15, 0.2) is 48.9 Å². The van der Waals surface area contributed by atoms with Crippen molar-refractivity contribution in [2.75, 3.05) is 6.54 Å². The molecule has 1 aromatic carbocycles. The molecule has 2 aromatic heterocycles. The number of pyridine rings is 1. The van der Waals surface area contributed by atoms with Crippen molar-refractivity contribution in [3.63, 3.8) is 0 Å². The van der Waals surface area contributed by atoms with Crippen LogP contribution in [0.1, 0.15) is 53.5 Å². The Kier molecular flexibility index (Phi) is 6.24. The largest absolute Gasteiger partial charge is 0.352 e. The molecule has 0 aliphatic rings. The molecule has 5 heteroatoms. The van der Waals surface area contributed by atoms with Gasteiger partial charge in [0.2, 0.25) is 0 Å². The van der Waals surface area contributed by atoms with Crippen LogP contribution >= 0.6 is 0 Å². The summed E-state index contributed by atoms with van der Waals surface area (Å²) in [6.45, 7) is 9.92. The topological polar surface area (TPSA) is 59.8 Å². The molecule has 0 fully saturated rings. The van der Waals surface area contributed by atoms with Gasteiger partial charge >= 0.3 is 0 Å². The lowest BCUT2D eigenvalue weighted by molar-refractivity contribution is 0.0952. The number of hydrogen-bond acceptors (Lipinski definition) is 3. The smallest absolute Gasteiger partial charge is 0.252 e. The first kappa shape index (κ1) is 19.8. The molecule has 3 rings (SSSR count). The summed E-state index contributed by atoms with van der Waals surface area (Å²) in [4.78, 5) is 21.2. The van der Waals surface area contributed by atoms with Gasteiger partial charge in [-0.3, -0.25) is 9.78 Å². The number of aromatic nitrogens is 3. The van der Waals surface area contributed by atoms with Gasteiger partial charge in [0.15, 0.2) is 0 Å². The number of hydrogen-bond donors (Lipinski definition) is 1. The van der Waals surface area contributed by atoms with E-state index in [9.17, 15) is 4.79 Å². The van der Waals surface area contributed by atoms with E-state index in [-0.39, 0.29) is 5.91 Å². The number of nitrogens with one attached hydrogen (secondary N) is 1. The molecule has 0 unspecified atom stereocenters.